The van der Waals surface area contributed by atoms with Gasteiger partial charge in [-0.25, -0.2) is 14.6 Å². The fourth-order valence-corrected chi connectivity index (χ4v) is 3.74. The lowest BCUT2D eigenvalue weighted by atomic mass is 10.1. The second-order valence-electron chi connectivity index (χ2n) is 7.98. The highest BCUT2D eigenvalue weighted by Gasteiger charge is 2.28. The van der Waals surface area contributed by atoms with Crippen LogP contribution in [0.1, 0.15) is 35.7 Å². The molecule has 2 aromatic carbocycles. The number of hydrogen-bond donors (Lipinski definition) is 1. The highest BCUT2D eigenvalue weighted by Crippen LogP contribution is 2.39. The highest BCUT2D eigenvalue weighted by atomic mass is 16.5. The zero-order valence-electron chi connectivity index (χ0n) is 18.3. The standard InChI is InChI=1S/C24H26N6O2/c1-31-19-11-8-16(14-20(19)32-2)12-13-25-23-21-24(27-22(26-23)18-9-10-18)30(29-28-21)15-17-6-4-3-5-7-17/h3-8,11,14,18H,9-10,12-13,15H2,1-2H3,(H,25,26,27). The molecule has 1 N–H and O–H groups in total. The summed E-state index contributed by atoms with van der Waals surface area (Å²) < 4.78 is 12.6. The summed E-state index contributed by atoms with van der Waals surface area (Å²) in [5, 5.41) is 12.2. The largest absolute Gasteiger partial charge is 0.493 e. The minimum absolute atomic E-state index is 0.436. The SMILES string of the molecule is COc1ccc(CCNc2nc(C3CC3)nc3c2nnn3Cc2ccccc2)cc1OC. The van der Waals surface area contributed by atoms with Gasteiger partial charge in [-0.15, -0.1) is 5.10 Å². The average molecular weight is 431 g/mol. The van der Waals surface area contributed by atoms with Crippen molar-refractivity contribution in [3.05, 3.63) is 65.5 Å². The molecule has 8 nitrogen and oxygen atoms in total. The molecule has 4 aromatic rings. The van der Waals surface area contributed by atoms with Crippen molar-refractivity contribution in [3.8, 4) is 11.5 Å². The van der Waals surface area contributed by atoms with Gasteiger partial charge in [0.25, 0.3) is 0 Å². The first-order chi connectivity index (χ1) is 15.7. The number of fused-ring (bicyclic) bond motifs is 1. The number of benzene rings is 2. The van der Waals surface area contributed by atoms with Crippen molar-refractivity contribution in [2.45, 2.75) is 31.7 Å². The van der Waals surface area contributed by atoms with E-state index in [2.05, 4.69) is 27.8 Å². The van der Waals surface area contributed by atoms with Gasteiger partial charge in [0.05, 0.1) is 20.8 Å². The summed E-state index contributed by atoms with van der Waals surface area (Å²) in [6.45, 7) is 1.33. The molecule has 0 amide bonds. The number of anilines is 1. The van der Waals surface area contributed by atoms with Crippen molar-refractivity contribution >= 4 is 17.0 Å². The molecule has 164 valence electrons. The van der Waals surface area contributed by atoms with Crippen LogP contribution in [-0.2, 0) is 13.0 Å². The van der Waals surface area contributed by atoms with E-state index in [9.17, 15) is 0 Å². The number of aromatic nitrogens is 5. The number of hydrogen-bond acceptors (Lipinski definition) is 7. The van der Waals surface area contributed by atoms with Crippen LogP contribution in [0.15, 0.2) is 48.5 Å². The summed E-state index contributed by atoms with van der Waals surface area (Å²) in [5.74, 6) is 3.52. The van der Waals surface area contributed by atoms with Crippen molar-refractivity contribution in [2.75, 3.05) is 26.1 Å². The van der Waals surface area contributed by atoms with Crippen molar-refractivity contribution in [1.82, 2.24) is 25.0 Å². The molecule has 0 atom stereocenters. The first-order valence-electron chi connectivity index (χ1n) is 10.8. The highest BCUT2D eigenvalue weighted by molar-refractivity contribution is 5.82. The zero-order chi connectivity index (χ0) is 21.9. The normalized spacial score (nSPS) is 13.3. The van der Waals surface area contributed by atoms with Crippen LogP contribution in [0.2, 0.25) is 0 Å². The van der Waals surface area contributed by atoms with Crippen molar-refractivity contribution in [2.24, 2.45) is 0 Å². The van der Waals surface area contributed by atoms with Gasteiger partial charge in [0, 0.05) is 12.5 Å². The van der Waals surface area contributed by atoms with Gasteiger partial charge < -0.3 is 14.8 Å². The Morgan fingerprint density at radius 3 is 2.53 bits per heavy atom. The number of nitrogens with one attached hydrogen (secondary N) is 1. The first-order valence-corrected chi connectivity index (χ1v) is 10.8. The Labute approximate surface area is 186 Å². The molecule has 0 bridgehead atoms. The Balaban J connectivity index is 1.37. The first kappa shape index (κ1) is 20.2. The van der Waals surface area contributed by atoms with Crippen LogP contribution in [0.3, 0.4) is 0 Å². The molecular formula is C24H26N6O2. The Bertz CT molecular complexity index is 1220. The third-order valence-corrected chi connectivity index (χ3v) is 5.65. The smallest absolute Gasteiger partial charge is 0.184 e. The van der Waals surface area contributed by atoms with Crippen LogP contribution in [0, 0.1) is 0 Å². The van der Waals surface area contributed by atoms with Crippen LogP contribution in [0.5, 0.6) is 11.5 Å². The summed E-state index contributed by atoms with van der Waals surface area (Å²) >= 11 is 0. The van der Waals surface area contributed by atoms with Crippen molar-refractivity contribution < 1.29 is 9.47 Å². The monoisotopic (exact) mass is 430 g/mol. The Morgan fingerprint density at radius 2 is 1.78 bits per heavy atom. The summed E-state index contributed by atoms with van der Waals surface area (Å²) in [5.41, 5.74) is 3.79. The topological polar surface area (TPSA) is 87.0 Å². The Morgan fingerprint density at radius 1 is 0.969 bits per heavy atom. The molecule has 0 unspecified atom stereocenters. The van der Waals surface area contributed by atoms with Gasteiger partial charge in [-0.05, 0) is 42.5 Å². The number of ether oxygens (including phenoxy) is 2. The zero-order valence-corrected chi connectivity index (χ0v) is 18.3. The molecule has 8 heteroatoms. The van der Waals surface area contributed by atoms with E-state index < -0.39 is 0 Å². The van der Waals surface area contributed by atoms with E-state index in [4.69, 9.17) is 19.4 Å². The van der Waals surface area contributed by atoms with Gasteiger partial charge in [-0.3, -0.25) is 0 Å². The molecule has 0 saturated heterocycles. The van der Waals surface area contributed by atoms with Crippen LogP contribution in [-0.4, -0.2) is 45.7 Å². The summed E-state index contributed by atoms with van der Waals surface area (Å²) in [6.07, 6.45) is 3.08. The van der Waals surface area contributed by atoms with Gasteiger partial charge in [0.2, 0.25) is 0 Å². The lowest BCUT2D eigenvalue weighted by Gasteiger charge is -2.11. The molecule has 0 spiro atoms. The van der Waals surface area contributed by atoms with Gasteiger partial charge >= 0.3 is 0 Å². The average Bonchev–Trinajstić information content (AvgIpc) is 3.61. The molecule has 2 heterocycles. The summed E-state index contributed by atoms with van der Waals surface area (Å²) in [7, 11) is 3.29. The van der Waals surface area contributed by atoms with E-state index in [0.29, 0.717) is 24.5 Å². The molecule has 1 saturated carbocycles. The molecule has 1 aliphatic carbocycles. The van der Waals surface area contributed by atoms with Gasteiger partial charge in [-0.1, -0.05) is 41.6 Å². The van der Waals surface area contributed by atoms with E-state index in [0.717, 1.165) is 59.2 Å². The van der Waals surface area contributed by atoms with E-state index in [-0.39, 0.29) is 0 Å². The number of rotatable bonds is 9. The minimum Gasteiger partial charge on any atom is -0.493 e. The third-order valence-electron chi connectivity index (χ3n) is 5.65. The number of methoxy groups -OCH3 is 2. The Hall–Kier alpha value is -3.68. The van der Waals surface area contributed by atoms with Crippen LogP contribution >= 0.6 is 0 Å². The van der Waals surface area contributed by atoms with Crippen molar-refractivity contribution in [1.29, 1.82) is 0 Å². The molecule has 2 aromatic heterocycles. The van der Waals surface area contributed by atoms with Crippen LogP contribution in [0.4, 0.5) is 5.82 Å². The van der Waals surface area contributed by atoms with E-state index >= 15 is 0 Å². The molecule has 0 radical (unpaired) electrons. The van der Waals surface area contributed by atoms with Crippen molar-refractivity contribution in [3.63, 3.8) is 0 Å². The predicted molar refractivity (Wildman–Crippen MR) is 122 cm³/mol. The fourth-order valence-electron chi connectivity index (χ4n) is 3.74. The second-order valence-corrected chi connectivity index (χ2v) is 7.98. The number of nitrogens with zero attached hydrogens (tertiary/aromatic N) is 5. The third kappa shape index (κ3) is 4.21. The van der Waals surface area contributed by atoms with E-state index in [1.807, 2.05) is 41.1 Å². The quantitative estimate of drug-likeness (QED) is 0.432. The second kappa shape index (κ2) is 8.82. The maximum atomic E-state index is 5.41. The lowest BCUT2D eigenvalue weighted by Crippen LogP contribution is -2.10. The van der Waals surface area contributed by atoms with Crippen LogP contribution < -0.4 is 14.8 Å². The maximum absolute atomic E-state index is 5.41. The van der Waals surface area contributed by atoms with E-state index in [1.165, 1.54) is 0 Å². The Kier molecular flexibility index (Phi) is 5.58. The minimum atomic E-state index is 0.436. The molecular weight excluding hydrogens is 404 g/mol. The molecule has 1 fully saturated rings. The molecule has 0 aliphatic heterocycles. The van der Waals surface area contributed by atoms with Gasteiger partial charge in [0.1, 0.15) is 5.82 Å². The van der Waals surface area contributed by atoms with Gasteiger partial charge in [0.15, 0.2) is 28.5 Å². The molecule has 5 rings (SSSR count). The predicted octanol–water partition coefficient (Wildman–Crippen LogP) is 3.82. The van der Waals surface area contributed by atoms with E-state index in [1.54, 1.807) is 14.2 Å². The summed E-state index contributed by atoms with van der Waals surface area (Å²) in [6, 6.07) is 16.2. The fraction of sp³-hybridized carbons (Fsp3) is 0.333. The lowest BCUT2D eigenvalue weighted by molar-refractivity contribution is 0.354. The summed E-state index contributed by atoms with van der Waals surface area (Å²) in [4.78, 5) is 9.61. The van der Waals surface area contributed by atoms with Gasteiger partial charge in [-0.2, -0.15) is 0 Å². The van der Waals surface area contributed by atoms with Crippen LogP contribution in [0.25, 0.3) is 11.2 Å². The maximum Gasteiger partial charge on any atom is 0.184 e. The molecule has 32 heavy (non-hydrogen) atoms. The molecule has 1 aliphatic rings.